The number of H-pyrrole nitrogens is 1. The Bertz CT molecular complexity index is 1360. The number of rotatable bonds is 4. The highest BCUT2D eigenvalue weighted by Gasteiger charge is 2.47. The minimum atomic E-state index is -4.74. The molecule has 2 heterocycles. The van der Waals surface area contributed by atoms with Gasteiger partial charge in [0.05, 0.1) is 39.6 Å². The Balaban J connectivity index is 1.67. The van der Waals surface area contributed by atoms with Crippen molar-refractivity contribution in [1.82, 2.24) is 9.97 Å². The molecule has 0 spiro atoms. The summed E-state index contributed by atoms with van der Waals surface area (Å²) in [4.78, 5) is 35.1. The summed E-state index contributed by atoms with van der Waals surface area (Å²) in [7, 11) is 0. The van der Waals surface area contributed by atoms with Gasteiger partial charge in [0, 0.05) is 11.6 Å². The number of anilines is 1. The van der Waals surface area contributed by atoms with Gasteiger partial charge in [-0.3, -0.25) is 14.5 Å². The van der Waals surface area contributed by atoms with E-state index in [-0.39, 0.29) is 11.1 Å². The van der Waals surface area contributed by atoms with Crippen molar-refractivity contribution in [2.24, 2.45) is 5.92 Å². The maximum absolute atomic E-state index is 13.7. The Morgan fingerprint density at radius 3 is 2.57 bits per heavy atom. The zero-order chi connectivity index (χ0) is 24.9. The predicted molar refractivity (Wildman–Crippen MR) is 124 cm³/mol. The van der Waals surface area contributed by atoms with Crippen LogP contribution in [0.2, 0.25) is 5.02 Å². The van der Waals surface area contributed by atoms with E-state index in [0.29, 0.717) is 29.6 Å². The second kappa shape index (κ2) is 8.71. The summed E-state index contributed by atoms with van der Waals surface area (Å²) >= 11 is 5.83. The van der Waals surface area contributed by atoms with Gasteiger partial charge in [-0.1, -0.05) is 36.9 Å². The van der Waals surface area contributed by atoms with Gasteiger partial charge < -0.3 is 10.1 Å². The van der Waals surface area contributed by atoms with Crippen molar-refractivity contribution in [3.63, 3.8) is 0 Å². The van der Waals surface area contributed by atoms with Crippen LogP contribution in [0.1, 0.15) is 49.3 Å². The molecule has 1 aliphatic carbocycles. The van der Waals surface area contributed by atoms with E-state index < -0.39 is 46.2 Å². The van der Waals surface area contributed by atoms with Gasteiger partial charge in [-0.05, 0) is 48.7 Å². The first-order valence-corrected chi connectivity index (χ1v) is 11.7. The lowest BCUT2D eigenvalue weighted by Crippen LogP contribution is -2.32. The quantitative estimate of drug-likeness (QED) is 0.438. The van der Waals surface area contributed by atoms with Crippen LogP contribution in [0, 0.1) is 5.92 Å². The maximum atomic E-state index is 13.7. The molecule has 1 amide bonds. The zero-order valence-corrected chi connectivity index (χ0v) is 19.2. The first-order valence-electron chi connectivity index (χ1n) is 11.3. The Labute approximate surface area is 203 Å². The summed E-state index contributed by atoms with van der Waals surface area (Å²) in [5, 5.41) is 10.4. The van der Waals surface area contributed by atoms with Crippen LogP contribution in [0.15, 0.2) is 54.1 Å². The van der Waals surface area contributed by atoms with Crippen molar-refractivity contribution in [3.05, 3.63) is 70.2 Å². The van der Waals surface area contributed by atoms with E-state index in [1.54, 1.807) is 18.2 Å². The fraction of sp³-hybridized carbons (Fsp3) is 0.320. The number of nitrogens with zero attached hydrogens (tertiary/aromatic N) is 2. The van der Waals surface area contributed by atoms with Crippen LogP contribution in [0.25, 0.3) is 11.0 Å². The monoisotopic (exact) mass is 503 g/mol. The van der Waals surface area contributed by atoms with Crippen LogP contribution in [0.3, 0.4) is 0 Å². The molecule has 3 aromatic rings. The van der Waals surface area contributed by atoms with Crippen LogP contribution in [-0.2, 0) is 15.8 Å². The molecule has 2 aromatic carbocycles. The number of aliphatic hydroxyl groups excluding tert-OH is 1. The van der Waals surface area contributed by atoms with Crippen molar-refractivity contribution < 1.29 is 27.9 Å². The average Bonchev–Trinajstić information content (AvgIpc) is 3.41. The summed E-state index contributed by atoms with van der Waals surface area (Å²) < 4.78 is 41.0. The smallest absolute Gasteiger partial charge is 0.417 e. The van der Waals surface area contributed by atoms with E-state index in [1.807, 2.05) is 0 Å². The summed E-state index contributed by atoms with van der Waals surface area (Å²) in [5.74, 6) is -2.41. The van der Waals surface area contributed by atoms with Gasteiger partial charge in [0.2, 0.25) is 0 Å². The molecule has 1 unspecified atom stereocenters. The molecule has 0 saturated heterocycles. The number of hydrogen-bond donors (Lipinski definition) is 2. The third kappa shape index (κ3) is 4.07. The fourth-order valence-electron chi connectivity index (χ4n) is 5.02. The summed E-state index contributed by atoms with van der Waals surface area (Å²) in [6, 6.07) is 6.88. The van der Waals surface area contributed by atoms with Crippen LogP contribution >= 0.6 is 11.6 Å². The number of Topliss-reactive ketones (excluding diaryl/α,β-unsaturated/α-hetero) is 1. The molecule has 1 aliphatic heterocycles. The van der Waals surface area contributed by atoms with E-state index in [2.05, 4.69) is 9.97 Å². The van der Waals surface area contributed by atoms with Crippen molar-refractivity contribution in [2.75, 3.05) is 4.90 Å². The minimum absolute atomic E-state index is 0.0282. The first-order chi connectivity index (χ1) is 16.7. The molecule has 0 bridgehead atoms. The number of nitrogens with one attached hydrogen (secondary N) is 1. The normalized spacial score (nSPS) is 19.7. The maximum Gasteiger partial charge on any atom is 0.417 e. The third-order valence-electron chi connectivity index (χ3n) is 6.74. The summed E-state index contributed by atoms with van der Waals surface area (Å²) in [6.07, 6.45) is 0.588. The molecule has 35 heavy (non-hydrogen) atoms. The van der Waals surface area contributed by atoms with Gasteiger partial charge in [0.1, 0.15) is 0 Å². The largest absolute Gasteiger partial charge is 0.503 e. The first kappa shape index (κ1) is 23.4. The number of amides is 1. The molecule has 6 nitrogen and oxygen atoms in total. The van der Waals surface area contributed by atoms with Crippen LogP contribution in [0.5, 0.6) is 0 Å². The van der Waals surface area contributed by atoms with Crippen LogP contribution < -0.4 is 4.90 Å². The van der Waals surface area contributed by atoms with Gasteiger partial charge in [-0.2, -0.15) is 13.2 Å². The molecule has 182 valence electrons. The number of aromatic nitrogens is 2. The van der Waals surface area contributed by atoms with E-state index in [0.717, 1.165) is 36.3 Å². The highest BCUT2D eigenvalue weighted by atomic mass is 35.5. The lowest BCUT2D eigenvalue weighted by atomic mass is 9.81. The molecule has 1 saturated carbocycles. The van der Waals surface area contributed by atoms with Gasteiger partial charge in [-0.15, -0.1) is 0 Å². The second-order valence-corrected chi connectivity index (χ2v) is 9.29. The van der Waals surface area contributed by atoms with Gasteiger partial charge in [-0.25, -0.2) is 4.98 Å². The number of aliphatic hydroxyl groups is 1. The molecule has 5 rings (SSSR count). The van der Waals surface area contributed by atoms with E-state index in [9.17, 15) is 27.9 Å². The molecule has 2 aliphatic rings. The second-order valence-electron chi connectivity index (χ2n) is 8.88. The van der Waals surface area contributed by atoms with Crippen LogP contribution in [-0.4, -0.2) is 26.8 Å². The summed E-state index contributed by atoms with van der Waals surface area (Å²) in [5.41, 5.74) is 0.273. The lowest BCUT2D eigenvalue weighted by Gasteiger charge is -2.29. The van der Waals surface area contributed by atoms with Crippen molar-refractivity contribution in [2.45, 2.75) is 44.3 Å². The zero-order valence-electron chi connectivity index (χ0n) is 18.4. The standard InChI is InChI=1S/C25H21ClF3N3O3/c26-17-8-6-14(10-16(17)25(27,28)29)21-20(22(33)13-4-2-1-3-5-13)23(34)24(35)32(21)15-7-9-18-19(11-15)31-12-30-18/h6-13,21,34H,1-5H2,(H,30,31). The molecular formula is C25H21ClF3N3O3. The number of imidazole rings is 1. The molecule has 2 N–H and O–H groups in total. The van der Waals surface area contributed by atoms with E-state index in [1.165, 1.54) is 12.4 Å². The molecular weight excluding hydrogens is 483 g/mol. The van der Waals surface area contributed by atoms with Crippen molar-refractivity contribution in [3.8, 4) is 0 Å². The number of hydrogen-bond acceptors (Lipinski definition) is 4. The molecule has 1 aromatic heterocycles. The van der Waals surface area contributed by atoms with Gasteiger partial charge in [0.15, 0.2) is 11.5 Å². The topological polar surface area (TPSA) is 86.3 Å². The number of ketones is 1. The third-order valence-corrected chi connectivity index (χ3v) is 7.07. The Morgan fingerprint density at radius 2 is 1.86 bits per heavy atom. The Morgan fingerprint density at radius 1 is 1.11 bits per heavy atom. The fourth-order valence-corrected chi connectivity index (χ4v) is 5.25. The van der Waals surface area contributed by atoms with Crippen molar-refractivity contribution in [1.29, 1.82) is 0 Å². The number of carbonyl (C=O) groups excluding carboxylic acids is 2. The molecule has 0 radical (unpaired) electrons. The Hall–Kier alpha value is -3.33. The molecule has 1 fully saturated rings. The van der Waals surface area contributed by atoms with Crippen molar-refractivity contribution >= 4 is 40.0 Å². The number of aromatic amines is 1. The number of fused-ring (bicyclic) bond motifs is 1. The van der Waals surface area contributed by atoms with E-state index >= 15 is 0 Å². The Kier molecular flexibility index (Phi) is 5.83. The number of carbonyl (C=O) groups is 2. The number of alkyl halides is 3. The summed E-state index contributed by atoms with van der Waals surface area (Å²) in [6.45, 7) is 0. The highest BCUT2D eigenvalue weighted by molar-refractivity contribution is 6.31. The van der Waals surface area contributed by atoms with Gasteiger partial charge in [0.25, 0.3) is 5.91 Å². The lowest BCUT2D eigenvalue weighted by molar-refractivity contribution is -0.137. The SMILES string of the molecule is O=C(C1=C(O)C(=O)N(c2ccc3[nH]cnc3c2)C1c1ccc(Cl)c(C(F)(F)F)c1)C1CCCCC1. The minimum Gasteiger partial charge on any atom is -0.503 e. The highest BCUT2D eigenvalue weighted by Crippen LogP contribution is 2.45. The average molecular weight is 504 g/mol. The molecule has 1 atom stereocenters. The number of benzene rings is 2. The van der Waals surface area contributed by atoms with E-state index in [4.69, 9.17) is 11.6 Å². The van der Waals surface area contributed by atoms with Crippen LogP contribution in [0.4, 0.5) is 18.9 Å². The predicted octanol–water partition coefficient (Wildman–Crippen LogP) is 6.28. The van der Waals surface area contributed by atoms with Gasteiger partial charge >= 0.3 is 6.18 Å². The molecule has 10 heteroatoms. The number of halogens is 4.